The Bertz CT molecular complexity index is 442. The van der Waals surface area contributed by atoms with Crippen molar-refractivity contribution in [2.24, 2.45) is 0 Å². The smallest absolute Gasteiger partial charge is 0.251 e. The molecule has 1 aromatic carbocycles. The van der Waals surface area contributed by atoms with Crippen LogP contribution in [0, 0.1) is 0 Å². The zero-order valence-electron chi connectivity index (χ0n) is 13.3. The Hall–Kier alpha value is -1.20. The van der Waals surface area contributed by atoms with E-state index in [2.05, 4.69) is 24.1 Å². The van der Waals surface area contributed by atoms with Gasteiger partial charge in [-0.3, -0.25) is 4.79 Å². The number of nitrogens with one attached hydrogen (secondary N) is 1. The van der Waals surface area contributed by atoms with E-state index in [0.717, 1.165) is 18.8 Å². The van der Waals surface area contributed by atoms with Gasteiger partial charge in [-0.15, -0.1) is 0 Å². The number of nitrogens with zero attached hydrogens (tertiary/aromatic N) is 1. The van der Waals surface area contributed by atoms with Gasteiger partial charge in [0, 0.05) is 36.6 Å². The number of benzene rings is 1. The van der Waals surface area contributed by atoms with Gasteiger partial charge in [0.25, 0.3) is 5.91 Å². The summed E-state index contributed by atoms with van der Waals surface area (Å²) in [5.41, 5.74) is 0.854. The van der Waals surface area contributed by atoms with Crippen LogP contribution in [0.3, 0.4) is 0 Å². The summed E-state index contributed by atoms with van der Waals surface area (Å²) in [6, 6.07) is 7.57. The predicted octanol–water partition coefficient (Wildman–Crippen LogP) is 2.38. The first-order valence-electron chi connectivity index (χ1n) is 7.28. The topological polar surface area (TPSA) is 52.6 Å². The van der Waals surface area contributed by atoms with E-state index < -0.39 is 5.60 Å². The van der Waals surface area contributed by atoms with Gasteiger partial charge in [-0.1, -0.05) is 0 Å². The van der Waals surface area contributed by atoms with E-state index in [1.807, 2.05) is 30.5 Å². The van der Waals surface area contributed by atoms with Gasteiger partial charge in [-0.05, 0) is 51.3 Å². The Labute approximate surface area is 131 Å². The Morgan fingerprint density at radius 2 is 1.86 bits per heavy atom. The summed E-state index contributed by atoms with van der Waals surface area (Å²) in [7, 11) is 0. The van der Waals surface area contributed by atoms with Gasteiger partial charge in [-0.25, -0.2) is 0 Å². The molecule has 0 radical (unpaired) electrons. The minimum absolute atomic E-state index is 0.150. The van der Waals surface area contributed by atoms with Crippen LogP contribution >= 0.6 is 11.8 Å². The molecule has 0 aliphatic rings. The van der Waals surface area contributed by atoms with Crippen molar-refractivity contribution < 1.29 is 9.90 Å². The molecule has 1 amide bonds. The molecule has 5 heteroatoms. The number of rotatable bonds is 8. The van der Waals surface area contributed by atoms with E-state index in [4.69, 9.17) is 0 Å². The summed E-state index contributed by atoms with van der Waals surface area (Å²) in [6.07, 6.45) is 1.93. The lowest BCUT2D eigenvalue weighted by Gasteiger charge is -2.23. The van der Waals surface area contributed by atoms with Gasteiger partial charge in [0.2, 0.25) is 0 Å². The van der Waals surface area contributed by atoms with Crippen LogP contribution in [-0.2, 0) is 0 Å². The van der Waals surface area contributed by atoms with Gasteiger partial charge in [0.05, 0.1) is 5.60 Å². The van der Waals surface area contributed by atoms with E-state index >= 15 is 0 Å². The van der Waals surface area contributed by atoms with Crippen molar-refractivity contribution in [1.82, 2.24) is 5.32 Å². The molecule has 4 nitrogen and oxygen atoms in total. The summed E-state index contributed by atoms with van der Waals surface area (Å²) in [5, 5.41) is 12.8. The molecule has 1 aromatic rings. The molecule has 0 saturated carbocycles. The van der Waals surface area contributed by atoms with Crippen molar-refractivity contribution in [1.29, 1.82) is 0 Å². The van der Waals surface area contributed by atoms with Gasteiger partial charge >= 0.3 is 0 Å². The van der Waals surface area contributed by atoms with Crippen LogP contribution in [-0.4, -0.2) is 48.3 Å². The first kappa shape index (κ1) is 17.9. The molecular weight excluding hydrogens is 284 g/mol. The van der Waals surface area contributed by atoms with Gasteiger partial charge in [0.1, 0.15) is 0 Å². The van der Waals surface area contributed by atoms with Crippen LogP contribution in [0.15, 0.2) is 24.3 Å². The molecule has 0 heterocycles. The fourth-order valence-electron chi connectivity index (χ4n) is 2.15. The maximum Gasteiger partial charge on any atom is 0.251 e. The number of anilines is 1. The molecule has 1 rings (SSSR count). The molecule has 0 fully saturated rings. The summed E-state index contributed by atoms with van der Waals surface area (Å²) in [4.78, 5) is 14.3. The summed E-state index contributed by atoms with van der Waals surface area (Å²) >= 11 is 1.56. The molecule has 0 aliphatic heterocycles. The van der Waals surface area contributed by atoms with Gasteiger partial charge in [0.15, 0.2) is 0 Å². The molecule has 0 bridgehead atoms. The SMILES string of the molecule is CCN(CC)c1ccc(C(=O)NCC(C)(O)CSC)cc1. The summed E-state index contributed by atoms with van der Waals surface area (Å²) < 4.78 is 0. The molecule has 118 valence electrons. The lowest BCUT2D eigenvalue weighted by Crippen LogP contribution is -2.42. The van der Waals surface area contributed by atoms with Crippen LogP contribution in [0.1, 0.15) is 31.1 Å². The molecule has 0 aliphatic carbocycles. The Kier molecular flexibility index (Phi) is 7.05. The monoisotopic (exact) mass is 310 g/mol. The maximum atomic E-state index is 12.1. The Balaban J connectivity index is 2.63. The minimum Gasteiger partial charge on any atom is -0.387 e. The Morgan fingerprint density at radius 1 is 1.29 bits per heavy atom. The largest absolute Gasteiger partial charge is 0.387 e. The average Bonchev–Trinajstić information content (AvgIpc) is 2.47. The van der Waals surface area contributed by atoms with E-state index in [1.54, 1.807) is 18.7 Å². The lowest BCUT2D eigenvalue weighted by molar-refractivity contribution is 0.0725. The van der Waals surface area contributed by atoms with Crippen LogP contribution in [0.4, 0.5) is 5.69 Å². The molecule has 0 saturated heterocycles. The quantitative estimate of drug-likeness (QED) is 0.774. The zero-order valence-corrected chi connectivity index (χ0v) is 14.2. The third kappa shape index (κ3) is 5.59. The summed E-state index contributed by atoms with van der Waals surface area (Å²) in [5.74, 6) is 0.441. The number of carbonyl (C=O) groups excluding carboxylic acids is 1. The third-order valence-corrected chi connectivity index (χ3v) is 4.25. The second-order valence-corrected chi connectivity index (χ2v) is 6.20. The summed E-state index contributed by atoms with van der Waals surface area (Å²) in [6.45, 7) is 8.09. The molecule has 1 atom stereocenters. The molecule has 0 aromatic heterocycles. The van der Waals surface area contributed by atoms with E-state index in [9.17, 15) is 9.90 Å². The highest BCUT2D eigenvalue weighted by Crippen LogP contribution is 2.15. The van der Waals surface area contributed by atoms with Crippen LogP contribution in [0.5, 0.6) is 0 Å². The molecule has 2 N–H and O–H groups in total. The van der Waals surface area contributed by atoms with E-state index in [0.29, 0.717) is 11.3 Å². The second-order valence-electron chi connectivity index (χ2n) is 5.33. The molecule has 0 spiro atoms. The number of hydrogen-bond acceptors (Lipinski definition) is 4. The standard InChI is InChI=1S/C16H26N2O2S/c1-5-18(6-2)14-9-7-13(8-10-14)15(19)17-11-16(3,20)12-21-4/h7-10,20H,5-6,11-12H2,1-4H3,(H,17,19). The number of amides is 1. The Morgan fingerprint density at radius 3 is 2.33 bits per heavy atom. The fraction of sp³-hybridized carbons (Fsp3) is 0.562. The average molecular weight is 310 g/mol. The number of aliphatic hydroxyl groups is 1. The van der Waals surface area contributed by atoms with Crippen molar-refractivity contribution in [3.05, 3.63) is 29.8 Å². The van der Waals surface area contributed by atoms with E-state index in [-0.39, 0.29) is 12.5 Å². The molecule has 1 unspecified atom stereocenters. The van der Waals surface area contributed by atoms with E-state index in [1.165, 1.54) is 0 Å². The van der Waals surface area contributed by atoms with Crippen LogP contribution in [0.2, 0.25) is 0 Å². The normalized spacial score (nSPS) is 13.6. The van der Waals surface area contributed by atoms with Crippen LogP contribution < -0.4 is 10.2 Å². The highest BCUT2D eigenvalue weighted by Gasteiger charge is 2.20. The van der Waals surface area contributed by atoms with Crippen molar-refractivity contribution in [3.8, 4) is 0 Å². The number of thioether (sulfide) groups is 1. The van der Waals surface area contributed by atoms with Crippen LogP contribution in [0.25, 0.3) is 0 Å². The first-order chi connectivity index (χ1) is 9.93. The van der Waals surface area contributed by atoms with Crippen molar-refractivity contribution >= 4 is 23.4 Å². The zero-order chi connectivity index (χ0) is 15.9. The minimum atomic E-state index is -0.879. The fourth-order valence-corrected chi connectivity index (χ4v) is 2.87. The van der Waals surface area contributed by atoms with Crippen molar-refractivity contribution in [2.75, 3.05) is 36.5 Å². The molecular formula is C16H26N2O2S. The second kappa shape index (κ2) is 8.29. The van der Waals surface area contributed by atoms with Crippen molar-refractivity contribution in [2.45, 2.75) is 26.4 Å². The molecule has 21 heavy (non-hydrogen) atoms. The maximum absolute atomic E-state index is 12.1. The van der Waals surface area contributed by atoms with Crippen molar-refractivity contribution in [3.63, 3.8) is 0 Å². The highest BCUT2D eigenvalue weighted by molar-refractivity contribution is 7.98. The number of hydrogen-bond donors (Lipinski definition) is 2. The first-order valence-corrected chi connectivity index (χ1v) is 8.67. The number of carbonyl (C=O) groups is 1. The lowest BCUT2D eigenvalue weighted by atomic mass is 10.1. The van der Waals surface area contributed by atoms with Gasteiger partial charge < -0.3 is 15.3 Å². The highest BCUT2D eigenvalue weighted by atomic mass is 32.2. The third-order valence-electron chi connectivity index (χ3n) is 3.34. The predicted molar refractivity (Wildman–Crippen MR) is 91.3 cm³/mol. The van der Waals surface area contributed by atoms with Gasteiger partial charge in [-0.2, -0.15) is 11.8 Å².